The molecule has 0 bridgehead atoms. The molecule has 0 amide bonds. The van der Waals surface area contributed by atoms with Crippen molar-refractivity contribution in [3.63, 3.8) is 0 Å². The first-order valence-electron chi connectivity index (χ1n) is 23.3. The molecular weight excluding hydrogens is 823 g/mol. The van der Waals surface area contributed by atoms with Crippen LogP contribution in [-0.4, -0.2) is 43.8 Å². The Kier molecular flexibility index (Phi) is 9.09. The highest BCUT2D eigenvalue weighted by atomic mass is 15.1. The number of nitrogens with zero attached hydrogens (tertiary/aromatic N) is 9. The Morgan fingerprint density at radius 3 is 1.82 bits per heavy atom. The summed E-state index contributed by atoms with van der Waals surface area (Å²) in [5, 5.41) is 6.77. The van der Waals surface area contributed by atoms with Crippen molar-refractivity contribution in [1.29, 1.82) is 0 Å². The zero-order valence-electron chi connectivity index (χ0n) is 41.0. The van der Waals surface area contributed by atoms with Crippen molar-refractivity contribution in [2.24, 2.45) is 10.4 Å². The Balaban J connectivity index is 1.06. The number of aliphatic imine (C=N–C) groups is 1. The molecule has 11 rings (SSSR count). The van der Waals surface area contributed by atoms with Gasteiger partial charge in [-0.1, -0.05) is 105 Å². The SMILES string of the molecule is C=CN=C(c1c(C)nc2c3ccc(-c4cc5nc6c7ccc(-c8cc9nc%10c%11ccccc%11c(C)c(C)n%10c9c(C(C)(C)C)n8)cc7c(C)cn6c5c(C(C)(C)C)n4)cc3ccn12)C(C)(C)C. The molecule has 11 aromatic rings. The fourth-order valence-corrected chi connectivity index (χ4v) is 10.3. The quantitative estimate of drug-likeness (QED) is 0.164. The molecule has 3 aromatic carbocycles. The highest BCUT2D eigenvalue weighted by molar-refractivity contribution is 6.07. The maximum absolute atomic E-state index is 5.48. The molecule has 334 valence electrons. The number of rotatable bonds is 4. The van der Waals surface area contributed by atoms with Crippen LogP contribution in [0.15, 0.2) is 109 Å². The second-order valence-corrected chi connectivity index (χ2v) is 21.6. The maximum Gasteiger partial charge on any atom is 0.146 e. The van der Waals surface area contributed by atoms with Crippen molar-refractivity contribution in [2.45, 2.75) is 101 Å². The smallest absolute Gasteiger partial charge is 0.146 e. The Morgan fingerprint density at radius 1 is 0.582 bits per heavy atom. The van der Waals surface area contributed by atoms with Crippen LogP contribution < -0.4 is 0 Å². The van der Waals surface area contributed by atoms with Crippen LogP contribution in [-0.2, 0) is 10.8 Å². The number of benzene rings is 3. The average molecular weight is 880 g/mol. The summed E-state index contributed by atoms with van der Waals surface area (Å²) in [6, 6.07) is 28.4. The lowest BCUT2D eigenvalue weighted by atomic mass is 9.87. The summed E-state index contributed by atoms with van der Waals surface area (Å²) in [4.78, 5) is 31.5. The van der Waals surface area contributed by atoms with E-state index >= 15 is 0 Å². The summed E-state index contributed by atoms with van der Waals surface area (Å²) in [5.41, 5.74) is 18.5. The highest BCUT2D eigenvalue weighted by Gasteiger charge is 2.29. The molecule has 0 unspecified atom stereocenters. The molecule has 0 spiro atoms. The number of aromatic nitrogens is 8. The average Bonchev–Trinajstić information content (AvgIpc) is 3.96. The lowest BCUT2D eigenvalue weighted by Gasteiger charge is -2.21. The summed E-state index contributed by atoms with van der Waals surface area (Å²) in [7, 11) is 0. The molecule has 0 fully saturated rings. The molecule has 0 saturated carbocycles. The van der Waals surface area contributed by atoms with Crippen LogP contribution in [0.2, 0.25) is 0 Å². The predicted molar refractivity (Wildman–Crippen MR) is 279 cm³/mol. The molecule has 67 heavy (non-hydrogen) atoms. The molecule has 0 aliphatic carbocycles. The van der Waals surface area contributed by atoms with E-state index < -0.39 is 0 Å². The third-order valence-electron chi connectivity index (χ3n) is 13.7. The zero-order valence-corrected chi connectivity index (χ0v) is 41.0. The standard InChI is InChI=1S/C58H57N9/c1-15-59-50(56(6,7)8)47-33(4)60-53-39-22-20-36(26-35(39)24-25-65(47)53)43-28-45-48(51(61-43)57(9,10)11)66-30-31(2)42-27-37(21-23-41(42)54(66)63-45)44-29-46-49(52(62-44)58(12,13)14)67-34(5)32(3)38-18-16-17-19-40(38)55(67)64-46/h15-30H,1H2,2-14H3. The number of imidazole rings is 3. The summed E-state index contributed by atoms with van der Waals surface area (Å²) in [5.74, 6) is 0. The molecule has 8 heterocycles. The summed E-state index contributed by atoms with van der Waals surface area (Å²) >= 11 is 0. The lowest BCUT2D eigenvalue weighted by Crippen LogP contribution is -2.23. The van der Waals surface area contributed by atoms with E-state index in [1.165, 1.54) is 16.6 Å². The first kappa shape index (κ1) is 42.4. The molecule has 0 aliphatic heterocycles. The van der Waals surface area contributed by atoms with E-state index in [4.69, 9.17) is 29.9 Å². The van der Waals surface area contributed by atoms with Crippen molar-refractivity contribution in [3.05, 3.63) is 144 Å². The van der Waals surface area contributed by atoms with Crippen LogP contribution in [0.5, 0.6) is 0 Å². The lowest BCUT2D eigenvalue weighted by molar-refractivity contribution is 0.574. The van der Waals surface area contributed by atoms with Gasteiger partial charge in [0.1, 0.15) is 16.9 Å². The predicted octanol–water partition coefficient (Wildman–Crippen LogP) is 14.3. The van der Waals surface area contributed by atoms with Crippen LogP contribution in [0, 0.1) is 33.1 Å². The minimum Gasteiger partial charge on any atom is -0.298 e. The van der Waals surface area contributed by atoms with Crippen molar-refractivity contribution in [3.8, 4) is 22.5 Å². The Hall–Kier alpha value is -7.26. The van der Waals surface area contributed by atoms with Crippen LogP contribution in [0.1, 0.15) is 102 Å². The molecule has 9 heteroatoms. The van der Waals surface area contributed by atoms with E-state index in [1.54, 1.807) is 6.20 Å². The Morgan fingerprint density at radius 2 is 1.16 bits per heavy atom. The molecule has 0 atom stereocenters. The first-order chi connectivity index (χ1) is 31.7. The molecule has 0 aliphatic rings. The second-order valence-electron chi connectivity index (χ2n) is 21.6. The van der Waals surface area contributed by atoms with Gasteiger partial charge in [-0.2, -0.15) is 0 Å². The monoisotopic (exact) mass is 879 g/mol. The van der Waals surface area contributed by atoms with Gasteiger partial charge in [0.2, 0.25) is 0 Å². The molecule has 0 N–H and O–H groups in total. The molecule has 9 nitrogen and oxygen atoms in total. The summed E-state index contributed by atoms with van der Waals surface area (Å²) in [6.45, 7) is 32.5. The van der Waals surface area contributed by atoms with Gasteiger partial charge in [0.15, 0.2) is 0 Å². The van der Waals surface area contributed by atoms with Crippen molar-refractivity contribution in [1.82, 2.24) is 38.1 Å². The van der Waals surface area contributed by atoms with Crippen molar-refractivity contribution < 1.29 is 0 Å². The Labute approximate surface area is 391 Å². The van der Waals surface area contributed by atoms with Gasteiger partial charge < -0.3 is 0 Å². The maximum atomic E-state index is 5.48. The van der Waals surface area contributed by atoms with Crippen molar-refractivity contribution in [2.75, 3.05) is 0 Å². The normalized spacial score (nSPS) is 13.3. The fraction of sp³-hybridized carbons (Fsp3) is 0.276. The third kappa shape index (κ3) is 6.41. The molecule has 0 radical (unpaired) electrons. The van der Waals surface area contributed by atoms with Crippen LogP contribution in [0.4, 0.5) is 0 Å². The fourth-order valence-electron chi connectivity index (χ4n) is 10.3. The molecule has 0 saturated heterocycles. The second kappa shape index (κ2) is 14.4. The topological polar surface area (TPSA) is 90.0 Å². The van der Waals surface area contributed by atoms with Crippen molar-refractivity contribution >= 4 is 77.0 Å². The number of hydrogen-bond donors (Lipinski definition) is 0. The molecular formula is C58H57N9. The minimum atomic E-state index is -0.266. The van der Waals surface area contributed by atoms with Gasteiger partial charge >= 0.3 is 0 Å². The minimum absolute atomic E-state index is 0.190. The number of hydrogen-bond acceptors (Lipinski definition) is 6. The van der Waals surface area contributed by atoms with E-state index in [0.717, 1.165) is 123 Å². The highest BCUT2D eigenvalue weighted by Crippen LogP contribution is 2.40. The van der Waals surface area contributed by atoms with E-state index in [2.05, 4.69) is 201 Å². The van der Waals surface area contributed by atoms with E-state index in [-0.39, 0.29) is 16.2 Å². The van der Waals surface area contributed by atoms with Gasteiger partial charge in [0, 0.05) is 67.8 Å². The Bertz CT molecular complexity index is 3980. The zero-order chi connectivity index (χ0) is 47.2. The number of pyridine rings is 5. The van der Waals surface area contributed by atoms with E-state index in [0.29, 0.717) is 0 Å². The third-order valence-corrected chi connectivity index (χ3v) is 13.7. The molecule has 8 aromatic heterocycles. The van der Waals surface area contributed by atoms with E-state index in [9.17, 15) is 0 Å². The van der Waals surface area contributed by atoms with Crippen LogP contribution in [0.25, 0.3) is 93.8 Å². The van der Waals surface area contributed by atoms with Gasteiger partial charge in [-0.3, -0.25) is 18.2 Å². The summed E-state index contributed by atoms with van der Waals surface area (Å²) in [6.07, 6.45) is 5.97. The first-order valence-corrected chi connectivity index (χ1v) is 23.3. The van der Waals surface area contributed by atoms with Gasteiger partial charge in [-0.25, -0.2) is 24.9 Å². The largest absolute Gasteiger partial charge is 0.298 e. The van der Waals surface area contributed by atoms with Gasteiger partial charge in [-0.05, 0) is 97.4 Å². The van der Waals surface area contributed by atoms with Gasteiger partial charge in [0.05, 0.1) is 61.9 Å². The summed E-state index contributed by atoms with van der Waals surface area (Å²) < 4.78 is 6.76. The van der Waals surface area contributed by atoms with Crippen LogP contribution >= 0.6 is 0 Å². The van der Waals surface area contributed by atoms with E-state index in [1.807, 2.05) is 0 Å². The van der Waals surface area contributed by atoms with Gasteiger partial charge in [-0.15, -0.1) is 0 Å². The number of aryl methyl sites for hydroxylation is 4. The van der Waals surface area contributed by atoms with Crippen LogP contribution in [0.3, 0.4) is 0 Å². The van der Waals surface area contributed by atoms with Gasteiger partial charge in [0.25, 0.3) is 0 Å². The number of fused-ring (bicyclic) bond motifs is 13.